The van der Waals surface area contributed by atoms with Gasteiger partial charge in [0.05, 0.1) is 6.04 Å². The van der Waals surface area contributed by atoms with Crippen LogP contribution in [-0.4, -0.2) is 29.5 Å². The van der Waals surface area contributed by atoms with Crippen LogP contribution in [-0.2, 0) is 9.53 Å². The van der Waals surface area contributed by atoms with E-state index in [-0.39, 0.29) is 23.8 Å². The molecule has 0 N–H and O–H groups in total. The number of rotatable bonds is 3. The van der Waals surface area contributed by atoms with Crippen molar-refractivity contribution in [1.29, 1.82) is 0 Å². The molecular weight excluding hydrogens is 194 g/mol. The lowest BCUT2D eigenvalue weighted by Gasteiger charge is -2.24. The molecule has 0 spiro atoms. The number of ether oxygens (including phenoxy) is 1. The number of carbonyl (C=O) groups is 2. The van der Waals surface area contributed by atoms with Crippen molar-refractivity contribution in [1.82, 2.24) is 4.90 Å². The molecule has 1 fully saturated rings. The Hall–Kier alpha value is -1.06. The molecule has 1 rings (SSSR count). The molecule has 0 aromatic carbocycles. The van der Waals surface area contributed by atoms with E-state index >= 15 is 0 Å². The minimum absolute atomic E-state index is 0.0981. The largest absolute Gasteiger partial charge is 0.447 e. The van der Waals surface area contributed by atoms with Crippen molar-refractivity contribution < 1.29 is 14.3 Å². The first-order valence-corrected chi connectivity index (χ1v) is 5.48. The highest BCUT2D eigenvalue weighted by atomic mass is 16.6. The van der Waals surface area contributed by atoms with Crippen molar-refractivity contribution in [2.24, 2.45) is 11.8 Å². The Balaban J connectivity index is 2.80. The van der Waals surface area contributed by atoms with Crippen LogP contribution in [0.5, 0.6) is 0 Å². The first-order valence-electron chi connectivity index (χ1n) is 5.48. The van der Waals surface area contributed by atoms with E-state index in [1.54, 1.807) is 0 Å². The number of cyclic esters (lactones) is 1. The lowest BCUT2D eigenvalue weighted by Crippen LogP contribution is -2.44. The molecule has 86 valence electrons. The van der Waals surface area contributed by atoms with E-state index in [4.69, 9.17) is 4.74 Å². The minimum Gasteiger partial charge on any atom is -0.447 e. The highest BCUT2D eigenvalue weighted by molar-refractivity contribution is 5.94. The number of imide groups is 1. The fourth-order valence-corrected chi connectivity index (χ4v) is 1.59. The third-order valence-electron chi connectivity index (χ3n) is 2.95. The molecule has 0 aliphatic carbocycles. The van der Waals surface area contributed by atoms with Crippen LogP contribution in [0.3, 0.4) is 0 Å². The summed E-state index contributed by atoms with van der Waals surface area (Å²) in [5.74, 6) is 0.0139. The lowest BCUT2D eigenvalue weighted by atomic mass is 10.0. The van der Waals surface area contributed by atoms with Crippen LogP contribution >= 0.6 is 0 Å². The van der Waals surface area contributed by atoms with Gasteiger partial charge in [-0.2, -0.15) is 0 Å². The zero-order valence-corrected chi connectivity index (χ0v) is 9.82. The summed E-state index contributed by atoms with van der Waals surface area (Å²) in [7, 11) is 0. The number of nitrogens with zero attached hydrogens (tertiary/aromatic N) is 1. The third-order valence-corrected chi connectivity index (χ3v) is 2.95. The molecular formula is C11H19NO3. The van der Waals surface area contributed by atoms with Crippen LogP contribution in [0.2, 0.25) is 0 Å². The second-order valence-electron chi connectivity index (χ2n) is 4.41. The molecule has 4 nitrogen and oxygen atoms in total. The average Bonchev–Trinajstić information content (AvgIpc) is 2.58. The zero-order valence-electron chi connectivity index (χ0n) is 9.82. The number of hydrogen-bond donors (Lipinski definition) is 0. The summed E-state index contributed by atoms with van der Waals surface area (Å²) < 4.78 is 4.92. The first kappa shape index (κ1) is 12.0. The van der Waals surface area contributed by atoms with Gasteiger partial charge in [-0.3, -0.25) is 4.79 Å². The summed E-state index contributed by atoms with van der Waals surface area (Å²) in [5.41, 5.74) is 0. The van der Waals surface area contributed by atoms with Crippen LogP contribution in [0.25, 0.3) is 0 Å². The molecule has 1 aliphatic rings. The molecule has 0 aromatic rings. The molecule has 0 saturated carbocycles. The second kappa shape index (κ2) is 4.64. The SMILES string of the molecule is CC[C@@H](C)C(=O)N1C(=O)OC[C@@H]1C(C)C. The molecule has 2 amide bonds. The van der Waals surface area contributed by atoms with Gasteiger partial charge in [0.2, 0.25) is 5.91 Å². The zero-order chi connectivity index (χ0) is 11.6. The lowest BCUT2D eigenvalue weighted by molar-refractivity contribution is -0.133. The summed E-state index contributed by atoms with van der Waals surface area (Å²) in [6.45, 7) is 8.09. The van der Waals surface area contributed by atoms with E-state index in [1.165, 1.54) is 4.90 Å². The number of amides is 2. The van der Waals surface area contributed by atoms with Crippen molar-refractivity contribution in [3.05, 3.63) is 0 Å². The second-order valence-corrected chi connectivity index (χ2v) is 4.41. The normalized spacial score (nSPS) is 23.1. The summed E-state index contributed by atoms with van der Waals surface area (Å²) in [6.07, 6.45) is 0.256. The van der Waals surface area contributed by atoms with Gasteiger partial charge >= 0.3 is 6.09 Å². The van der Waals surface area contributed by atoms with Gasteiger partial charge in [-0.05, 0) is 12.3 Å². The van der Waals surface area contributed by atoms with Crippen molar-refractivity contribution in [3.8, 4) is 0 Å². The number of carbonyl (C=O) groups excluding carboxylic acids is 2. The quantitative estimate of drug-likeness (QED) is 0.720. The molecule has 0 unspecified atom stereocenters. The van der Waals surface area contributed by atoms with E-state index in [9.17, 15) is 9.59 Å². The van der Waals surface area contributed by atoms with Crippen LogP contribution in [0.4, 0.5) is 4.79 Å². The smallest absolute Gasteiger partial charge is 0.416 e. The van der Waals surface area contributed by atoms with Gasteiger partial charge in [0.1, 0.15) is 6.61 Å². The van der Waals surface area contributed by atoms with Crippen LogP contribution < -0.4 is 0 Å². The topological polar surface area (TPSA) is 46.6 Å². The Labute approximate surface area is 90.6 Å². The fraction of sp³-hybridized carbons (Fsp3) is 0.818. The van der Waals surface area contributed by atoms with Gasteiger partial charge in [0.25, 0.3) is 0 Å². The molecule has 15 heavy (non-hydrogen) atoms. The van der Waals surface area contributed by atoms with E-state index in [2.05, 4.69) is 0 Å². The summed E-state index contributed by atoms with van der Waals surface area (Å²) in [5, 5.41) is 0. The van der Waals surface area contributed by atoms with Crippen molar-refractivity contribution in [2.75, 3.05) is 6.61 Å². The van der Waals surface area contributed by atoms with Gasteiger partial charge in [-0.15, -0.1) is 0 Å². The average molecular weight is 213 g/mol. The standard InChI is InChI=1S/C11H19NO3/c1-5-8(4)10(13)12-9(7(2)3)6-15-11(12)14/h7-9H,5-6H2,1-4H3/t8-,9-/m1/s1. The molecule has 0 radical (unpaired) electrons. The first-order chi connectivity index (χ1) is 6.99. The highest BCUT2D eigenvalue weighted by Crippen LogP contribution is 2.22. The van der Waals surface area contributed by atoms with Crippen molar-refractivity contribution in [3.63, 3.8) is 0 Å². The maximum atomic E-state index is 11.9. The maximum Gasteiger partial charge on any atom is 0.416 e. The Morgan fingerprint density at radius 1 is 1.53 bits per heavy atom. The predicted molar refractivity (Wildman–Crippen MR) is 56.3 cm³/mol. The van der Waals surface area contributed by atoms with E-state index in [1.807, 2.05) is 27.7 Å². The monoisotopic (exact) mass is 213 g/mol. The third kappa shape index (κ3) is 2.30. The van der Waals surface area contributed by atoms with Gasteiger partial charge < -0.3 is 4.74 Å². The summed E-state index contributed by atoms with van der Waals surface area (Å²) in [6, 6.07) is -0.0981. The highest BCUT2D eigenvalue weighted by Gasteiger charge is 2.40. The molecule has 1 saturated heterocycles. The van der Waals surface area contributed by atoms with Crippen LogP contribution in [0.15, 0.2) is 0 Å². The Kier molecular flexibility index (Phi) is 3.72. The van der Waals surface area contributed by atoms with E-state index < -0.39 is 6.09 Å². The molecule has 2 atom stereocenters. The van der Waals surface area contributed by atoms with Crippen molar-refractivity contribution in [2.45, 2.75) is 40.2 Å². The Morgan fingerprint density at radius 2 is 2.13 bits per heavy atom. The van der Waals surface area contributed by atoms with E-state index in [0.717, 1.165) is 6.42 Å². The molecule has 0 bridgehead atoms. The number of hydrogen-bond acceptors (Lipinski definition) is 3. The molecule has 4 heteroatoms. The minimum atomic E-state index is -0.487. The Morgan fingerprint density at radius 3 is 2.60 bits per heavy atom. The van der Waals surface area contributed by atoms with Crippen molar-refractivity contribution >= 4 is 12.0 Å². The molecule has 1 heterocycles. The van der Waals surface area contributed by atoms with Crippen LogP contribution in [0, 0.1) is 11.8 Å². The van der Waals surface area contributed by atoms with Gasteiger partial charge in [-0.25, -0.2) is 9.69 Å². The molecule has 1 aliphatic heterocycles. The maximum absolute atomic E-state index is 11.9. The summed E-state index contributed by atoms with van der Waals surface area (Å²) >= 11 is 0. The molecule has 0 aromatic heterocycles. The van der Waals surface area contributed by atoms with E-state index in [0.29, 0.717) is 6.61 Å². The van der Waals surface area contributed by atoms with Gasteiger partial charge in [0.15, 0.2) is 0 Å². The predicted octanol–water partition coefficient (Wildman–Crippen LogP) is 2.04. The summed E-state index contributed by atoms with van der Waals surface area (Å²) in [4.78, 5) is 24.7. The fourth-order valence-electron chi connectivity index (χ4n) is 1.59. The van der Waals surface area contributed by atoms with Crippen LogP contribution in [0.1, 0.15) is 34.1 Å². The van der Waals surface area contributed by atoms with Gasteiger partial charge in [-0.1, -0.05) is 27.7 Å². The Bertz CT molecular complexity index is 263. The van der Waals surface area contributed by atoms with Gasteiger partial charge in [0, 0.05) is 5.92 Å².